The minimum absolute atomic E-state index is 0.520. The van der Waals surface area contributed by atoms with Gasteiger partial charge in [-0.15, -0.1) is 11.8 Å². The lowest BCUT2D eigenvalue weighted by molar-refractivity contribution is -0.0262. The number of piperidine rings is 1. The van der Waals surface area contributed by atoms with E-state index in [1.54, 1.807) is 11.8 Å². The first-order valence-electron chi connectivity index (χ1n) is 8.68. The van der Waals surface area contributed by atoms with Crippen LogP contribution in [0.2, 0.25) is 0 Å². The predicted octanol–water partition coefficient (Wildman–Crippen LogP) is 1.64. The first-order valence-corrected chi connectivity index (χ1v) is 9.90. The van der Waals surface area contributed by atoms with Gasteiger partial charge in [0.25, 0.3) is 0 Å². The Kier molecular flexibility index (Phi) is 5.99. The van der Waals surface area contributed by atoms with Crippen molar-refractivity contribution in [1.29, 1.82) is 0 Å². The van der Waals surface area contributed by atoms with E-state index in [1.807, 2.05) is 0 Å². The molecule has 0 radical (unpaired) electrons. The molecule has 0 saturated carbocycles. The van der Waals surface area contributed by atoms with Crippen LogP contribution < -0.4 is 5.32 Å². The van der Waals surface area contributed by atoms with Crippen LogP contribution in [0.5, 0.6) is 0 Å². The highest BCUT2D eigenvalue weighted by molar-refractivity contribution is 7.98. The van der Waals surface area contributed by atoms with Gasteiger partial charge in [-0.05, 0) is 43.3 Å². The molecule has 1 aromatic carbocycles. The Balaban J connectivity index is 1.44. The van der Waals surface area contributed by atoms with E-state index < -0.39 is 5.60 Å². The van der Waals surface area contributed by atoms with Gasteiger partial charge in [-0.3, -0.25) is 9.80 Å². The zero-order chi connectivity index (χ0) is 16.1. The number of hydrogen-bond acceptors (Lipinski definition) is 5. The summed E-state index contributed by atoms with van der Waals surface area (Å²) in [5.41, 5.74) is 0.875. The van der Waals surface area contributed by atoms with Crippen LogP contribution in [-0.2, 0) is 6.54 Å². The van der Waals surface area contributed by atoms with Gasteiger partial charge in [0.05, 0.1) is 5.60 Å². The molecule has 2 aliphatic rings. The number of rotatable bonds is 5. The van der Waals surface area contributed by atoms with E-state index in [-0.39, 0.29) is 0 Å². The van der Waals surface area contributed by atoms with E-state index in [4.69, 9.17) is 0 Å². The maximum absolute atomic E-state index is 10.7. The van der Waals surface area contributed by atoms with E-state index in [1.165, 1.54) is 10.5 Å². The molecule has 1 aromatic rings. The second-order valence-electron chi connectivity index (χ2n) is 6.91. The zero-order valence-electron chi connectivity index (χ0n) is 14.1. The molecule has 2 fully saturated rings. The molecule has 3 rings (SSSR count). The van der Waals surface area contributed by atoms with Crippen LogP contribution in [-0.4, -0.2) is 72.6 Å². The summed E-state index contributed by atoms with van der Waals surface area (Å²) in [6.07, 6.45) is 4.13. The summed E-state index contributed by atoms with van der Waals surface area (Å²) in [5, 5.41) is 14.0. The molecule has 0 aromatic heterocycles. The highest BCUT2D eigenvalue weighted by Crippen LogP contribution is 2.19. The van der Waals surface area contributed by atoms with Crippen molar-refractivity contribution in [2.45, 2.75) is 29.9 Å². The average molecular weight is 336 g/mol. The van der Waals surface area contributed by atoms with Crippen molar-refractivity contribution in [2.75, 3.05) is 52.1 Å². The number of piperazine rings is 1. The number of hydrogen-bond donors (Lipinski definition) is 2. The number of aliphatic hydroxyl groups is 1. The predicted molar refractivity (Wildman–Crippen MR) is 97.0 cm³/mol. The molecule has 0 aliphatic carbocycles. The van der Waals surface area contributed by atoms with Gasteiger partial charge in [0, 0.05) is 50.7 Å². The van der Waals surface area contributed by atoms with Gasteiger partial charge >= 0.3 is 0 Å². The van der Waals surface area contributed by atoms with Crippen molar-refractivity contribution in [1.82, 2.24) is 15.1 Å². The van der Waals surface area contributed by atoms with E-state index in [2.05, 4.69) is 45.6 Å². The molecule has 2 aliphatic heterocycles. The molecule has 128 valence electrons. The van der Waals surface area contributed by atoms with Gasteiger partial charge in [-0.2, -0.15) is 0 Å². The minimum atomic E-state index is -0.520. The molecule has 0 spiro atoms. The summed E-state index contributed by atoms with van der Waals surface area (Å²) in [7, 11) is 0. The zero-order valence-corrected chi connectivity index (χ0v) is 14.9. The lowest BCUT2D eigenvalue weighted by Crippen LogP contribution is -2.56. The highest BCUT2D eigenvalue weighted by atomic mass is 32.2. The topological polar surface area (TPSA) is 38.7 Å². The quantitative estimate of drug-likeness (QED) is 0.801. The van der Waals surface area contributed by atoms with Crippen LogP contribution in [0.15, 0.2) is 29.2 Å². The summed E-state index contributed by atoms with van der Waals surface area (Å²) < 4.78 is 0. The molecular weight excluding hydrogens is 306 g/mol. The van der Waals surface area contributed by atoms with Crippen LogP contribution in [0, 0.1) is 0 Å². The SMILES string of the molecule is CSc1ccc(CN2CCN(CC3(O)CCCNC3)CC2)cc1. The first-order chi connectivity index (χ1) is 11.2. The summed E-state index contributed by atoms with van der Waals surface area (Å²) in [6.45, 7) is 7.95. The van der Waals surface area contributed by atoms with E-state index >= 15 is 0 Å². The number of β-amino-alcohol motifs (C(OH)–C–C–N with tert-alkyl or cyclic N) is 1. The third kappa shape index (κ3) is 4.94. The summed E-state index contributed by atoms with van der Waals surface area (Å²) in [6, 6.07) is 8.91. The Hall–Kier alpha value is -0.590. The molecule has 2 N–H and O–H groups in total. The van der Waals surface area contributed by atoms with Gasteiger partial charge in [0.1, 0.15) is 0 Å². The van der Waals surface area contributed by atoms with Crippen LogP contribution in [0.1, 0.15) is 18.4 Å². The van der Waals surface area contributed by atoms with Crippen molar-refractivity contribution in [3.63, 3.8) is 0 Å². The maximum atomic E-state index is 10.7. The highest BCUT2D eigenvalue weighted by Gasteiger charge is 2.32. The Labute approximate surface area is 144 Å². The number of benzene rings is 1. The first kappa shape index (κ1) is 17.2. The fourth-order valence-electron chi connectivity index (χ4n) is 3.60. The summed E-state index contributed by atoms with van der Waals surface area (Å²) in [5.74, 6) is 0. The summed E-state index contributed by atoms with van der Waals surface area (Å²) >= 11 is 1.79. The van der Waals surface area contributed by atoms with Crippen LogP contribution in [0.25, 0.3) is 0 Å². The second-order valence-corrected chi connectivity index (χ2v) is 7.78. The maximum Gasteiger partial charge on any atom is 0.0898 e. The molecule has 0 amide bonds. The molecule has 1 unspecified atom stereocenters. The normalized spacial score (nSPS) is 27.2. The van der Waals surface area contributed by atoms with Crippen LogP contribution in [0.3, 0.4) is 0 Å². The molecule has 1 atom stereocenters. The second kappa shape index (κ2) is 7.99. The molecule has 2 heterocycles. The van der Waals surface area contributed by atoms with E-state index in [9.17, 15) is 5.11 Å². The minimum Gasteiger partial charge on any atom is -0.387 e. The van der Waals surface area contributed by atoms with Gasteiger partial charge in [-0.25, -0.2) is 0 Å². The lowest BCUT2D eigenvalue weighted by atomic mass is 9.93. The van der Waals surface area contributed by atoms with Gasteiger partial charge in [-0.1, -0.05) is 12.1 Å². The average Bonchev–Trinajstić information content (AvgIpc) is 2.58. The van der Waals surface area contributed by atoms with Crippen molar-refractivity contribution >= 4 is 11.8 Å². The molecule has 2 saturated heterocycles. The smallest absolute Gasteiger partial charge is 0.0898 e. The van der Waals surface area contributed by atoms with E-state index in [0.717, 1.165) is 65.2 Å². The van der Waals surface area contributed by atoms with Crippen molar-refractivity contribution in [3.05, 3.63) is 29.8 Å². The molecule has 23 heavy (non-hydrogen) atoms. The Morgan fingerprint density at radius 3 is 2.43 bits per heavy atom. The summed E-state index contributed by atoms with van der Waals surface area (Å²) in [4.78, 5) is 6.28. The lowest BCUT2D eigenvalue weighted by Gasteiger charge is -2.41. The van der Waals surface area contributed by atoms with Crippen molar-refractivity contribution < 1.29 is 5.11 Å². The van der Waals surface area contributed by atoms with Crippen molar-refractivity contribution in [3.8, 4) is 0 Å². The molecule has 5 heteroatoms. The fraction of sp³-hybridized carbons (Fsp3) is 0.667. The number of nitrogens with one attached hydrogen (secondary N) is 1. The third-order valence-electron chi connectivity index (χ3n) is 5.00. The standard InChI is InChI=1S/C18H29N3OS/c1-23-17-5-3-16(4-6-17)13-20-9-11-21(12-10-20)15-18(22)7-2-8-19-14-18/h3-6,19,22H,2,7-15H2,1H3. The van der Waals surface area contributed by atoms with Gasteiger partial charge in [0.2, 0.25) is 0 Å². The third-order valence-corrected chi connectivity index (χ3v) is 5.74. The van der Waals surface area contributed by atoms with Gasteiger partial charge < -0.3 is 10.4 Å². The monoisotopic (exact) mass is 335 g/mol. The fourth-order valence-corrected chi connectivity index (χ4v) is 4.01. The molecule has 0 bridgehead atoms. The number of thioether (sulfide) groups is 1. The Bertz CT molecular complexity index is 480. The Morgan fingerprint density at radius 1 is 1.13 bits per heavy atom. The van der Waals surface area contributed by atoms with Crippen LogP contribution in [0.4, 0.5) is 0 Å². The largest absolute Gasteiger partial charge is 0.387 e. The molecular formula is C18H29N3OS. The Morgan fingerprint density at radius 2 is 1.83 bits per heavy atom. The number of nitrogens with zero attached hydrogens (tertiary/aromatic N) is 2. The van der Waals surface area contributed by atoms with Crippen LogP contribution >= 0.6 is 11.8 Å². The van der Waals surface area contributed by atoms with E-state index in [0.29, 0.717) is 0 Å². The van der Waals surface area contributed by atoms with Crippen molar-refractivity contribution in [2.24, 2.45) is 0 Å². The van der Waals surface area contributed by atoms with Gasteiger partial charge in [0.15, 0.2) is 0 Å². The molecule has 4 nitrogen and oxygen atoms in total.